The van der Waals surface area contributed by atoms with Crippen LogP contribution < -0.4 is 5.73 Å². The predicted octanol–water partition coefficient (Wildman–Crippen LogP) is 4.18. The second-order valence-corrected chi connectivity index (χ2v) is 6.62. The molecule has 0 atom stereocenters. The van der Waals surface area contributed by atoms with Gasteiger partial charge in [-0.1, -0.05) is 11.6 Å². The number of fused-ring (bicyclic) bond motifs is 1. The maximum Gasteiger partial charge on any atom is 0.0969 e. The number of benzene rings is 1. The number of aromatic nitrogens is 1. The third-order valence-electron chi connectivity index (χ3n) is 3.90. The standard InChI is InChI=1S/C14H17ClN2S/c15-11-5-6-13-12(7-11)17-14(18-13)10-3-1-9(8-16)2-4-10/h5-7,9-10H,1-4,8,16H2. The maximum atomic E-state index is 6.00. The molecule has 96 valence electrons. The minimum atomic E-state index is 0.629. The minimum Gasteiger partial charge on any atom is -0.330 e. The second kappa shape index (κ2) is 5.16. The molecule has 1 saturated carbocycles. The average molecular weight is 281 g/mol. The molecule has 0 unspecified atom stereocenters. The van der Waals surface area contributed by atoms with E-state index in [1.165, 1.54) is 35.4 Å². The maximum absolute atomic E-state index is 6.00. The highest BCUT2D eigenvalue weighted by atomic mass is 35.5. The smallest absolute Gasteiger partial charge is 0.0969 e. The van der Waals surface area contributed by atoms with Crippen molar-refractivity contribution >= 4 is 33.2 Å². The van der Waals surface area contributed by atoms with Crippen LogP contribution in [0.15, 0.2) is 18.2 Å². The van der Waals surface area contributed by atoms with E-state index in [1.807, 2.05) is 23.5 Å². The van der Waals surface area contributed by atoms with Gasteiger partial charge in [0.2, 0.25) is 0 Å². The van der Waals surface area contributed by atoms with Gasteiger partial charge in [-0.2, -0.15) is 0 Å². The van der Waals surface area contributed by atoms with Crippen molar-refractivity contribution in [2.45, 2.75) is 31.6 Å². The number of hydrogen-bond donors (Lipinski definition) is 1. The van der Waals surface area contributed by atoms with Crippen molar-refractivity contribution in [2.24, 2.45) is 11.7 Å². The summed E-state index contributed by atoms with van der Waals surface area (Å²) in [4.78, 5) is 4.75. The van der Waals surface area contributed by atoms with Crippen LogP contribution >= 0.6 is 22.9 Å². The van der Waals surface area contributed by atoms with Gasteiger partial charge in [0.05, 0.1) is 15.2 Å². The lowest BCUT2D eigenvalue weighted by atomic mass is 9.82. The third kappa shape index (κ3) is 2.40. The van der Waals surface area contributed by atoms with Crippen LogP contribution in [0.5, 0.6) is 0 Å². The van der Waals surface area contributed by atoms with E-state index in [4.69, 9.17) is 22.3 Å². The lowest BCUT2D eigenvalue weighted by Gasteiger charge is -2.26. The zero-order valence-corrected chi connectivity index (χ0v) is 11.8. The molecule has 1 heterocycles. The fourth-order valence-corrected chi connectivity index (χ4v) is 4.02. The Balaban J connectivity index is 1.82. The highest BCUT2D eigenvalue weighted by Crippen LogP contribution is 2.38. The lowest BCUT2D eigenvalue weighted by Crippen LogP contribution is -2.20. The number of hydrogen-bond acceptors (Lipinski definition) is 3. The van der Waals surface area contributed by atoms with Crippen LogP contribution in [0.1, 0.15) is 36.6 Å². The number of halogens is 1. The molecule has 1 fully saturated rings. The summed E-state index contributed by atoms with van der Waals surface area (Å²) >= 11 is 7.82. The quantitative estimate of drug-likeness (QED) is 0.896. The normalized spacial score (nSPS) is 24.6. The Bertz CT molecular complexity index is 544. The fraction of sp³-hybridized carbons (Fsp3) is 0.500. The monoisotopic (exact) mass is 280 g/mol. The molecule has 1 aliphatic rings. The van der Waals surface area contributed by atoms with Crippen LogP contribution in [0.25, 0.3) is 10.2 Å². The molecule has 0 radical (unpaired) electrons. The van der Waals surface area contributed by atoms with Crippen LogP contribution in [-0.4, -0.2) is 11.5 Å². The molecule has 1 aromatic carbocycles. The Labute approximate surface area is 116 Å². The van der Waals surface area contributed by atoms with Gasteiger partial charge in [-0.25, -0.2) is 4.98 Å². The minimum absolute atomic E-state index is 0.629. The zero-order chi connectivity index (χ0) is 12.5. The van der Waals surface area contributed by atoms with Gasteiger partial charge in [-0.3, -0.25) is 0 Å². The molecular weight excluding hydrogens is 264 g/mol. The molecule has 18 heavy (non-hydrogen) atoms. The van der Waals surface area contributed by atoms with Crippen LogP contribution in [0.3, 0.4) is 0 Å². The summed E-state index contributed by atoms with van der Waals surface area (Å²) in [5.41, 5.74) is 6.78. The van der Waals surface area contributed by atoms with Gasteiger partial charge in [-0.15, -0.1) is 11.3 Å². The van der Waals surface area contributed by atoms with Gasteiger partial charge in [-0.05, 0) is 56.3 Å². The van der Waals surface area contributed by atoms with Crippen LogP contribution in [0.4, 0.5) is 0 Å². The van der Waals surface area contributed by atoms with Gasteiger partial charge >= 0.3 is 0 Å². The Morgan fingerprint density at radius 1 is 1.28 bits per heavy atom. The molecular formula is C14H17ClN2S. The van der Waals surface area contributed by atoms with Gasteiger partial charge < -0.3 is 5.73 Å². The third-order valence-corrected chi connectivity index (χ3v) is 5.33. The van der Waals surface area contributed by atoms with Crippen molar-refractivity contribution in [3.8, 4) is 0 Å². The Hall–Kier alpha value is -0.640. The van der Waals surface area contributed by atoms with Crippen LogP contribution in [-0.2, 0) is 0 Å². The second-order valence-electron chi connectivity index (χ2n) is 5.12. The molecule has 0 saturated heterocycles. The molecule has 4 heteroatoms. The van der Waals surface area contributed by atoms with Gasteiger partial charge in [0, 0.05) is 10.9 Å². The summed E-state index contributed by atoms with van der Waals surface area (Å²) in [6.07, 6.45) is 4.96. The van der Waals surface area contributed by atoms with Crippen molar-refractivity contribution in [2.75, 3.05) is 6.54 Å². The largest absolute Gasteiger partial charge is 0.330 e. The van der Waals surface area contributed by atoms with Crippen molar-refractivity contribution < 1.29 is 0 Å². The SMILES string of the molecule is NCC1CCC(c2nc3cc(Cl)ccc3s2)CC1. The summed E-state index contributed by atoms with van der Waals surface area (Å²) in [5.74, 6) is 1.36. The number of thiazole rings is 1. The first-order valence-corrected chi connectivity index (χ1v) is 7.72. The first-order valence-electron chi connectivity index (χ1n) is 6.52. The molecule has 2 nitrogen and oxygen atoms in total. The summed E-state index contributed by atoms with van der Waals surface area (Å²) in [5, 5.41) is 2.05. The summed E-state index contributed by atoms with van der Waals surface area (Å²) < 4.78 is 1.25. The van der Waals surface area contributed by atoms with Crippen molar-refractivity contribution in [3.63, 3.8) is 0 Å². The van der Waals surface area contributed by atoms with E-state index in [0.29, 0.717) is 5.92 Å². The lowest BCUT2D eigenvalue weighted by molar-refractivity contribution is 0.332. The Morgan fingerprint density at radius 3 is 2.78 bits per heavy atom. The molecule has 3 rings (SSSR count). The molecule has 1 aromatic heterocycles. The van der Waals surface area contributed by atoms with Gasteiger partial charge in [0.25, 0.3) is 0 Å². The van der Waals surface area contributed by atoms with Crippen molar-refractivity contribution in [1.82, 2.24) is 4.98 Å². The first kappa shape index (κ1) is 12.4. The fourth-order valence-electron chi connectivity index (χ4n) is 2.74. The van der Waals surface area contributed by atoms with E-state index in [9.17, 15) is 0 Å². The van der Waals surface area contributed by atoms with Gasteiger partial charge in [0.15, 0.2) is 0 Å². The molecule has 0 spiro atoms. The van der Waals surface area contributed by atoms with E-state index in [-0.39, 0.29) is 0 Å². The molecule has 1 aliphatic carbocycles. The zero-order valence-electron chi connectivity index (χ0n) is 10.2. The van der Waals surface area contributed by atoms with E-state index < -0.39 is 0 Å². The van der Waals surface area contributed by atoms with Gasteiger partial charge in [0.1, 0.15) is 0 Å². The highest BCUT2D eigenvalue weighted by Gasteiger charge is 2.23. The number of rotatable bonds is 2. The molecule has 2 N–H and O–H groups in total. The first-order chi connectivity index (χ1) is 8.76. The summed E-state index contributed by atoms with van der Waals surface area (Å²) in [7, 11) is 0. The van der Waals surface area contributed by atoms with E-state index >= 15 is 0 Å². The van der Waals surface area contributed by atoms with E-state index in [0.717, 1.165) is 23.0 Å². The van der Waals surface area contributed by atoms with E-state index in [1.54, 1.807) is 0 Å². The van der Waals surface area contributed by atoms with Crippen LogP contribution in [0, 0.1) is 5.92 Å². The Kier molecular flexibility index (Phi) is 3.55. The summed E-state index contributed by atoms with van der Waals surface area (Å²) in [6, 6.07) is 5.98. The predicted molar refractivity (Wildman–Crippen MR) is 78.4 cm³/mol. The van der Waals surface area contributed by atoms with E-state index in [2.05, 4.69) is 6.07 Å². The molecule has 0 amide bonds. The highest BCUT2D eigenvalue weighted by molar-refractivity contribution is 7.18. The summed E-state index contributed by atoms with van der Waals surface area (Å²) in [6.45, 7) is 0.835. The number of nitrogens with zero attached hydrogens (tertiary/aromatic N) is 1. The molecule has 2 aromatic rings. The van der Waals surface area contributed by atoms with Crippen molar-refractivity contribution in [3.05, 3.63) is 28.2 Å². The Morgan fingerprint density at radius 2 is 2.06 bits per heavy atom. The number of nitrogens with two attached hydrogens (primary N) is 1. The van der Waals surface area contributed by atoms with Crippen molar-refractivity contribution in [1.29, 1.82) is 0 Å². The molecule has 0 aliphatic heterocycles. The topological polar surface area (TPSA) is 38.9 Å². The molecule has 0 bridgehead atoms. The average Bonchev–Trinajstić information content (AvgIpc) is 2.81. The van der Waals surface area contributed by atoms with Crippen LogP contribution in [0.2, 0.25) is 5.02 Å².